The van der Waals surface area contributed by atoms with Gasteiger partial charge in [-0.15, -0.1) is 0 Å². The van der Waals surface area contributed by atoms with Crippen LogP contribution in [0, 0.1) is 6.92 Å². The maximum atomic E-state index is 12.6. The van der Waals surface area contributed by atoms with Crippen LogP contribution in [0.1, 0.15) is 21.5 Å². The van der Waals surface area contributed by atoms with Gasteiger partial charge in [0.2, 0.25) is 0 Å². The first-order chi connectivity index (χ1) is 13.9. The Labute approximate surface area is 174 Å². The van der Waals surface area contributed by atoms with Crippen molar-refractivity contribution in [2.75, 3.05) is 4.72 Å². The van der Waals surface area contributed by atoms with Crippen LogP contribution in [-0.4, -0.2) is 20.5 Å². The summed E-state index contributed by atoms with van der Waals surface area (Å²) in [5, 5.41) is 4.22. The number of rotatable bonds is 6. The SMILES string of the molecule is Cc1ccccc1/C=N/NC(=O)c1cccc(S(=O)(=O)Nc2ccccc2Cl)c1. The molecule has 0 saturated heterocycles. The van der Waals surface area contributed by atoms with E-state index in [1.54, 1.807) is 24.3 Å². The molecule has 3 rings (SSSR count). The number of hydrogen-bond donors (Lipinski definition) is 2. The Balaban J connectivity index is 1.75. The molecule has 0 atom stereocenters. The van der Waals surface area contributed by atoms with Gasteiger partial charge < -0.3 is 0 Å². The number of aryl methyl sites for hydroxylation is 1. The second-order valence-electron chi connectivity index (χ2n) is 6.17. The molecule has 1 amide bonds. The molecule has 0 spiro atoms. The molecule has 0 heterocycles. The molecule has 2 N–H and O–H groups in total. The number of carbonyl (C=O) groups excluding carboxylic acids is 1. The number of benzene rings is 3. The molecule has 3 aromatic carbocycles. The fourth-order valence-electron chi connectivity index (χ4n) is 2.51. The second kappa shape index (κ2) is 8.89. The van der Waals surface area contributed by atoms with E-state index in [4.69, 9.17) is 11.6 Å². The van der Waals surface area contributed by atoms with Gasteiger partial charge in [-0.25, -0.2) is 13.8 Å². The Bertz CT molecular complexity index is 1180. The van der Waals surface area contributed by atoms with Gasteiger partial charge in [0.1, 0.15) is 0 Å². The summed E-state index contributed by atoms with van der Waals surface area (Å²) in [6.45, 7) is 1.93. The van der Waals surface area contributed by atoms with E-state index < -0.39 is 15.9 Å². The van der Waals surface area contributed by atoms with Gasteiger partial charge in [0, 0.05) is 5.56 Å². The molecular weight excluding hydrogens is 410 g/mol. The lowest BCUT2D eigenvalue weighted by Crippen LogP contribution is -2.19. The molecule has 6 nitrogen and oxygen atoms in total. The molecule has 148 valence electrons. The normalized spacial score (nSPS) is 11.4. The third-order valence-electron chi connectivity index (χ3n) is 4.08. The van der Waals surface area contributed by atoms with Gasteiger partial charge in [-0.3, -0.25) is 9.52 Å². The highest BCUT2D eigenvalue weighted by Gasteiger charge is 2.17. The van der Waals surface area contributed by atoms with Crippen LogP contribution >= 0.6 is 11.6 Å². The van der Waals surface area contributed by atoms with Crippen molar-refractivity contribution >= 4 is 39.4 Å². The fraction of sp³-hybridized carbons (Fsp3) is 0.0476. The minimum absolute atomic E-state index is 0.0621. The minimum atomic E-state index is -3.91. The van der Waals surface area contributed by atoms with Crippen LogP contribution in [0.4, 0.5) is 5.69 Å². The molecule has 0 aliphatic heterocycles. The van der Waals surface area contributed by atoms with E-state index in [1.165, 1.54) is 30.5 Å². The lowest BCUT2D eigenvalue weighted by molar-refractivity contribution is 0.0955. The van der Waals surface area contributed by atoms with Crippen molar-refractivity contribution in [3.8, 4) is 0 Å². The van der Waals surface area contributed by atoms with Gasteiger partial charge in [-0.1, -0.05) is 54.1 Å². The Morgan fingerprint density at radius 3 is 2.48 bits per heavy atom. The first kappa shape index (κ1) is 20.6. The number of hydrazone groups is 1. The smallest absolute Gasteiger partial charge is 0.271 e. The second-order valence-corrected chi connectivity index (χ2v) is 8.26. The Hall–Kier alpha value is -3.16. The molecule has 0 unspecified atom stereocenters. The van der Waals surface area contributed by atoms with Crippen LogP contribution in [-0.2, 0) is 10.0 Å². The molecule has 0 saturated carbocycles. The summed E-state index contributed by atoms with van der Waals surface area (Å²) in [7, 11) is -3.91. The molecule has 8 heteroatoms. The predicted molar refractivity (Wildman–Crippen MR) is 115 cm³/mol. The summed E-state index contributed by atoms with van der Waals surface area (Å²) in [6, 6.07) is 19.8. The topological polar surface area (TPSA) is 87.6 Å². The van der Waals surface area contributed by atoms with E-state index in [0.717, 1.165) is 11.1 Å². The van der Waals surface area contributed by atoms with Crippen LogP contribution < -0.4 is 10.1 Å². The monoisotopic (exact) mass is 427 g/mol. The van der Waals surface area contributed by atoms with Crippen molar-refractivity contribution in [2.24, 2.45) is 5.10 Å². The molecular formula is C21H18ClN3O3S. The van der Waals surface area contributed by atoms with Gasteiger partial charge >= 0.3 is 0 Å². The van der Waals surface area contributed by atoms with E-state index in [9.17, 15) is 13.2 Å². The number of amides is 1. The highest BCUT2D eigenvalue weighted by molar-refractivity contribution is 7.92. The van der Waals surface area contributed by atoms with Crippen LogP contribution in [0.3, 0.4) is 0 Å². The molecule has 0 aromatic heterocycles. The van der Waals surface area contributed by atoms with Crippen molar-refractivity contribution in [3.63, 3.8) is 0 Å². The summed E-state index contributed by atoms with van der Waals surface area (Å²) in [5.74, 6) is -0.523. The van der Waals surface area contributed by atoms with Crippen LogP contribution in [0.15, 0.2) is 82.8 Å². The standard InChI is InChI=1S/C21H18ClN3O3S/c1-15-7-2-3-8-17(15)14-23-24-21(26)16-9-6-10-18(13-16)29(27,28)25-20-12-5-4-11-19(20)22/h2-14,25H,1H3,(H,24,26)/b23-14+. The number of nitrogens with one attached hydrogen (secondary N) is 2. The number of nitrogens with zero attached hydrogens (tertiary/aromatic N) is 1. The lowest BCUT2D eigenvalue weighted by Gasteiger charge is -2.10. The highest BCUT2D eigenvalue weighted by atomic mass is 35.5. The summed E-state index contributed by atoms with van der Waals surface area (Å²) >= 11 is 6.01. The number of carbonyl (C=O) groups is 1. The summed E-state index contributed by atoms with van der Waals surface area (Å²) in [4.78, 5) is 12.3. The van der Waals surface area contributed by atoms with E-state index >= 15 is 0 Å². The zero-order valence-corrected chi connectivity index (χ0v) is 17.0. The average molecular weight is 428 g/mol. The van der Waals surface area contributed by atoms with Gasteiger partial charge in [0.15, 0.2) is 0 Å². The van der Waals surface area contributed by atoms with Crippen molar-refractivity contribution in [2.45, 2.75) is 11.8 Å². The zero-order chi connectivity index (χ0) is 20.9. The van der Waals surface area contributed by atoms with E-state index in [0.29, 0.717) is 0 Å². The van der Waals surface area contributed by atoms with Crippen LogP contribution in [0.5, 0.6) is 0 Å². The quantitative estimate of drug-likeness (QED) is 0.456. The first-order valence-electron chi connectivity index (χ1n) is 8.63. The lowest BCUT2D eigenvalue weighted by atomic mass is 10.1. The molecule has 0 fully saturated rings. The van der Waals surface area contributed by atoms with Gasteiger partial charge in [0.25, 0.3) is 15.9 Å². The van der Waals surface area contributed by atoms with Crippen molar-refractivity contribution < 1.29 is 13.2 Å². The third kappa shape index (κ3) is 5.22. The number of sulfonamides is 1. The molecule has 0 radical (unpaired) electrons. The molecule has 0 aliphatic carbocycles. The van der Waals surface area contributed by atoms with Crippen LogP contribution in [0.2, 0.25) is 5.02 Å². The zero-order valence-electron chi connectivity index (χ0n) is 15.5. The maximum Gasteiger partial charge on any atom is 0.271 e. The molecule has 0 bridgehead atoms. The number of para-hydroxylation sites is 1. The average Bonchev–Trinajstić information content (AvgIpc) is 2.71. The van der Waals surface area contributed by atoms with Gasteiger partial charge in [0.05, 0.1) is 21.8 Å². The Morgan fingerprint density at radius 1 is 1.00 bits per heavy atom. The fourth-order valence-corrected chi connectivity index (χ4v) is 3.87. The van der Waals surface area contributed by atoms with E-state index in [-0.39, 0.29) is 21.2 Å². The van der Waals surface area contributed by atoms with Gasteiger partial charge in [-0.05, 0) is 48.4 Å². The van der Waals surface area contributed by atoms with Crippen LogP contribution in [0.25, 0.3) is 0 Å². The van der Waals surface area contributed by atoms with E-state index in [1.807, 2.05) is 31.2 Å². The highest BCUT2D eigenvalue weighted by Crippen LogP contribution is 2.24. The summed E-state index contributed by atoms with van der Waals surface area (Å²) < 4.78 is 27.7. The largest absolute Gasteiger partial charge is 0.278 e. The third-order valence-corrected chi connectivity index (χ3v) is 5.78. The maximum absolute atomic E-state index is 12.6. The molecule has 29 heavy (non-hydrogen) atoms. The first-order valence-corrected chi connectivity index (χ1v) is 10.5. The van der Waals surface area contributed by atoms with Crippen molar-refractivity contribution in [1.82, 2.24) is 5.43 Å². The number of anilines is 1. The molecule has 0 aliphatic rings. The number of hydrogen-bond acceptors (Lipinski definition) is 4. The van der Waals surface area contributed by atoms with Crippen molar-refractivity contribution in [3.05, 3.63) is 94.5 Å². The van der Waals surface area contributed by atoms with Gasteiger partial charge in [-0.2, -0.15) is 5.10 Å². The summed E-state index contributed by atoms with van der Waals surface area (Å²) in [5.41, 5.74) is 4.71. The predicted octanol–water partition coefficient (Wildman–Crippen LogP) is 4.21. The minimum Gasteiger partial charge on any atom is -0.278 e. The summed E-state index contributed by atoms with van der Waals surface area (Å²) in [6.07, 6.45) is 1.53. The molecule has 3 aromatic rings. The van der Waals surface area contributed by atoms with Crippen molar-refractivity contribution in [1.29, 1.82) is 0 Å². The Morgan fingerprint density at radius 2 is 1.72 bits per heavy atom. The number of halogens is 1. The van der Waals surface area contributed by atoms with E-state index in [2.05, 4.69) is 15.2 Å². The Kier molecular flexibility index (Phi) is 6.31.